The average molecular weight is 423 g/mol. The zero-order valence-corrected chi connectivity index (χ0v) is 20.8. The van der Waals surface area contributed by atoms with Crippen LogP contribution in [0.3, 0.4) is 0 Å². The highest BCUT2D eigenvalue weighted by Crippen LogP contribution is 2.53. The summed E-state index contributed by atoms with van der Waals surface area (Å²) in [6.07, 6.45) is 6.60. The van der Waals surface area contributed by atoms with E-state index in [1.165, 1.54) is 43.8 Å². The summed E-state index contributed by atoms with van der Waals surface area (Å²) in [5.41, 5.74) is 8.66. The molecule has 2 aromatic heterocycles. The molecule has 2 heteroatoms. The van der Waals surface area contributed by atoms with Crippen LogP contribution in [0.5, 0.6) is 0 Å². The van der Waals surface area contributed by atoms with E-state index in [4.69, 9.17) is 9.97 Å². The third-order valence-electron chi connectivity index (χ3n) is 8.39. The molecule has 2 aliphatic rings. The molecule has 0 fully saturated rings. The van der Waals surface area contributed by atoms with Gasteiger partial charge in [0, 0.05) is 23.2 Å². The molecule has 4 aromatic rings. The first-order valence-electron chi connectivity index (χ1n) is 12.0. The van der Waals surface area contributed by atoms with E-state index in [9.17, 15) is 0 Å². The Morgan fingerprint density at radius 1 is 0.531 bits per heavy atom. The van der Waals surface area contributed by atoms with E-state index in [1.54, 1.807) is 0 Å². The lowest BCUT2D eigenvalue weighted by atomic mass is 9.81. The third-order valence-corrected chi connectivity index (χ3v) is 8.39. The van der Waals surface area contributed by atoms with Crippen molar-refractivity contribution in [3.63, 3.8) is 0 Å². The predicted octanol–water partition coefficient (Wildman–Crippen LogP) is 7.85. The van der Waals surface area contributed by atoms with Crippen molar-refractivity contribution < 1.29 is 0 Å². The molecule has 0 radical (unpaired) electrons. The Morgan fingerprint density at radius 3 is 1.28 bits per heavy atom. The van der Waals surface area contributed by atoms with E-state index in [0.29, 0.717) is 0 Å². The van der Waals surface area contributed by atoms with E-state index in [1.807, 2.05) is 0 Å². The molecule has 0 N–H and O–H groups in total. The quantitative estimate of drug-likeness (QED) is 0.270. The molecule has 0 saturated carbocycles. The van der Waals surface area contributed by atoms with Gasteiger partial charge in [-0.3, -0.25) is 9.97 Å². The van der Waals surface area contributed by atoms with Crippen LogP contribution in [-0.2, 0) is 21.7 Å². The molecule has 0 aliphatic heterocycles. The average Bonchev–Trinajstić information content (AvgIpc) is 2.98. The fraction of sp³-hybridized carbons (Fsp3) is 0.467. The van der Waals surface area contributed by atoms with Crippen LogP contribution in [-0.4, -0.2) is 9.97 Å². The maximum Gasteiger partial charge on any atom is 0.0711 e. The molecule has 0 atom stereocenters. The van der Waals surface area contributed by atoms with E-state index in [2.05, 4.69) is 92.0 Å². The minimum Gasteiger partial charge on any atom is -0.256 e. The zero-order valence-electron chi connectivity index (χ0n) is 20.8. The second kappa shape index (κ2) is 5.71. The van der Waals surface area contributed by atoms with Gasteiger partial charge in [0.05, 0.1) is 11.0 Å². The summed E-state index contributed by atoms with van der Waals surface area (Å²) in [6.45, 7) is 19.0. The number of benzene rings is 2. The number of aromatic nitrogens is 2. The lowest BCUT2D eigenvalue weighted by Crippen LogP contribution is -2.18. The molecule has 0 saturated heterocycles. The van der Waals surface area contributed by atoms with Gasteiger partial charge >= 0.3 is 0 Å². The molecule has 0 amide bonds. The molecule has 6 rings (SSSR count). The highest BCUT2D eigenvalue weighted by atomic mass is 14.7. The first-order valence-corrected chi connectivity index (χ1v) is 12.0. The highest BCUT2D eigenvalue weighted by Gasteiger charge is 2.44. The maximum absolute atomic E-state index is 4.95. The van der Waals surface area contributed by atoms with Crippen molar-refractivity contribution >= 4 is 32.6 Å². The lowest BCUT2D eigenvalue weighted by molar-refractivity contribution is 0.403. The molecular weight excluding hydrogens is 388 g/mol. The SMILES string of the molecule is CC1(C)CC(C)(C)c2c1cnc1cc3cc4c5c(cnc4cc3cc21)C(C)(C)CC5(C)C. The maximum atomic E-state index is 4.95. The molecule has 2 aromatic carbocycles. The summed E-state index contributed by atoms with van der Waals surface area (Å²) in [6, 6.07) is 9.36. The summed E-state index contributed by atoms with van der Waals surface area (Å²) in [4.78, 5) is 9.91. The second-order valence-electron chi connectivity index (χ2n) is 13.1. The van der Waals surface area contributed by atoms with Gasteiger partial charge in [0.15, 0.2) is 0 Å². The van der Waals surface area contributed by atoms with Crippen LogP contribution >= 0.6 is 0 Å². The van der Waals surface area contributed by atoms with Crippen LogP contribution in [0.15, 0.2) is 36.7 Å². The highest BCUT2D eigenvalue weighted by molar-refractivity contribution is 6.05. The van der Waals surface area contributed by atoms with E-state index < -0.39 is 0 Å². The Morgan fingerprint density at radius 2 is 0.906 bits per heavy atom. The van der Waals surface area contributed by atoms with Gasteiger partial charge in [-0.15, -0.1) is 0 Å². The first-order chi connectivity index (χ1) is 14.8. The first kappa shape index (κ1) is 20.1. The van der Waals surface area contributed by atoms with Crippen molar-refractivity contribution in [2.45, 2.75) is 89.9 Å². The molecule has 164 valence electrons. The van der Waals surface area contributed by atoms with Crippen molar-refractivity contribution in [1.82, 2.24) is 9.97 Å². The van der Waals surface area contributed by atoms with Crippen LogP contribution in [0, 0.1) is 0 Å². The van der Waals surface area contributed by atoms with Crippen molar-refractivity contribution in [3.05, 3.63) is 58.9 Å². The summed E-state index contributed by atoms with van der Waals surface area (Å²) < 4.78 is 0. The number of nitrogens with zero attached hydrogens (tertiary/aromatic N) is 2. The minimum absolute atomic E-state index is 0.152. The lowest BCUT2D eigenvalue weighted by Gasteiger charge is -2.23. The third kappa shape index (κ3) is 2.53. The molecule has 0 bridgehead atoms. The molecule has 2 aliphatic carbocycles. The summed E-state index contributed by atoms with van der Waals surface area (Å²) in [5, 5.41) is 5.16. The fourth-order valence-corrected chi connectivity index (χ4v) is 7.69. The minimum atomic E-state index is 0.152. The van der Waals surface area contributed by atoms with Gasteiger partial charge in [0.25, 0.3) is 0 Å². The van der Waals surface area contributed by atoms with Gasteiger partial charge in [0.1, 0.15) is 0 Å². The Hall–Kier alpha value is -2.48. The van der Waals surface area contributed by atoms with Crippen molar-refractivity contribution in [3.8, 4) is 0 Å². The normalized spacial score (nSPS) is 21.9. The van der Waals surface area contributed by atoms with Crippen LogP contribution < -0.4 is 0 Å². The zero-order chi connectivity index (χ0) is 22.8. The van der Waals surface area contributed by atoms with Gasteiger partial charge in [-0.2, -0.15) is 0 Å². The molecule has 2 heterocycles. The van der Waals surface area contributed by atoms with Gasteiger partial charge in [-0.05, 0) is 91.8 Å². The topological polar surface area (TPSA) is 25.8 Å². The number of hydrogen-bond donors (Lipinski definition) is 0. The van der Waals surface area contributed by atoms with E-state index in [-0.39, 0.29) is 21.7 Å². The van der Waals surface area contributed by atoms with E-state index in [0.717, 1.165) is 23.9 Å². The van der Waals surface area contributed by atoms with Crippen molar-refractivity contribution in [1.29, 1.82) is 0 Å². The Balaban J connectivity index is 1.69. The molecule has 32 heavy (non-hydrogen) atoms. The smallest absolute Gasteiger partial charge is 0.0711 e. The Bertz CT molecular complexity index is 1350. The molecule has 0 unspecified atom stereocenters. The van der Waals surface area contributed by atoms with Crippen LogP contribution in [0.1, 0.15) is 90.5 Å². The number of rotatable bonds is 0. The van der Waals surface area contributed by atoms with Gasteiger partial charge in [-0.1, -0.05) is 55.4 Å². The number of pyridine rings is 2. The van der Waals surface area contributed by atoms with Gasteiger partial charge in [0.2, 0.25) is 0 Å². The summed E-state index contributed by atoms with van der Waals surface area (Å²) in [7, 11) is 0. The monoisotopic (exact) mass is 422 g/mol. The number of fused-ring (bicyclic) bond motifs is 7. The second-order valence-corrected chi connectivity index (χ2v) is 13.1. The predicted molar refractivity (Wildman–Crippen MR) is 136 cm³/mol. The van der Waals surface area contributed by atoms with Crippen LogP contribution in [0.2, 0.25) is 0 Å². The van der Waals surface area contributed by atoms with Crippen LogP contribution in [0.4, 0.5) is 0 Å². The van der Waals surface area contributed by atoms with Crippen LogP contribution in [0.25, 0.3) is 32.6 Å². The van der Waals surface area contributed by atoms with Gasteiger partial charge < -0.3 is 0 Å². The molecule has 2 nitrogen and oxygen atoms in total. The van der Waals surface area contributed by atoms with Crippen molar-refractivity contribution in [2.24, 2.45) is 0 Å². The Labute approximate surface area is 191 Å². The number of hydrogen-bond acceptors (Lipinski definition) is 2. The molecule has 0 spiro atoms. The molecular formula is C30H34N2. The summed E-state index contributed by atoms with van der Waals surface area (Å²) >= 11 is 0. The standard InChI is InChI=1S/C30H34N2/c1-27(2)15-29(5,6)25-19-9-17-12-24-20(10-18(17)11-23(19)31-13-21(25)27)26-22(14-32-24)28(3,4)16-30(26,7)8/h9-14H,15-16H2,1-8H3. The summed E-state index contributed by atoms with van der Waals surface area (Å²) in [5.74, 6) is 0. The largest absolute Gasteiger partial charge is 0.256 e. The van der Waals surface area contributed by atoms with Crippen molar-refractivity contribution in [2.75, 3.05) is 0 Å². The van der Waals surface area contributed by atoms with E-state index >= 15 is 0 Å². The Kier molecular flexibility index (Phi) is 3.59. The van der Waals surface area contributed by atoms with Gasteiger partial charge in [-0.25, -0.2) is 0 Å². The fourth-order valence-electron chi connectivity index (χ4n) is 7.69.